The van der Waals surface area contributed by atoms with Gasteiger partial charge in [0.25, 0.3) is 0 Å². The molecule has 0 saturated carbocycles. The second kappa shape index (κ2) is 7.96. The van der Waals surface area contributed by atoms with Crippen molar-refractivity contribution in [2.24, 2.45) is 4.99 Å². The number of halogens is 1. The van der Waals surface area contributed by atoms with Crippen molar-refractivity contribution in [2.45, 2.75) is 18.9 Å². The second-order valence-electron chi connectivity index (χ2n) is 4.69. The third-order valence-corrected chi connectivity index (χ3v) is 3.14. The maximum absolute atomic E-state index is 12.3. The molecule has 21 heavy (non-hydrogen) atoms. The van der Waals surface area contributed by atoms with Crippen molar-refractivity contribution in [1.82, 2.24) is 0 Å². The molecule has 0 amide bonds. The van der Waals surface area contributed by atoms with Crippen LogP contribution >= 0.6 is 0 Å². The van der Waals surface area contributed by atoms with E-state index in [1.165, 1.54) is 0 Å². The highest BCUT2D eigenvalue weighted by molar-refractivity contribution is 6.13. The quantitative estimate of drug-likeness (QED) is 0.732. The predicted molar refractivity (Wildman–Crippen MR) is 83.1 cm³/mol. The molecular formula is C18H17FN2. The van der Waals surface area contributed by atoms with Gasteiger partial charge in [-0.15, -0.1) is 0 Å². The fourth-order valence-corrected chi connectivity index (χ4v) is 2.09. The van der Waals surface area contributed by atoms with E-state index in [1.54, 1.807) is 0 Å². The van der Waals surface area contributed by atoms with Crippen LogP contribution < -0.4 is 0 Å². The molecule has 0 fully saturated rings. The van der Waals surface area contributed by atoms with Crippen LogP contribution in [0, 0.1) is 11.3 Å². The molecular weight excluding hydrogens is 263 g/mol. The molecule has 3 heteroatoms. The fourth-order valence-electron chi connectivity index (χ4n) is 2.09. The molecule has 2 aromatic carbocycles. The average molecular weight is 280 g/mol. The Balaban J connectivity index is 2.39. The molecule has 2 aromatic rings. The fraction of sp³-hybridized carbons (Fsp3) is 0.222. The molecule has 2 nitrogen and oxygen atoms in total. The molecule has 0 saturated heterocycles. The minimum absolute atomic E-state index is 0.360. The zero-order valence-electron chi connectivity index (χ0n) is 11.7. The van der Waals surface area contributed by atoms with Crippen molar-refractivity contribution in [3.8, 4) is 6.07 Å². The first-order valence-corrected chi connectivity index (χ1v) is 6.99. The summed E-state index contributed by atoms with van der Waals surface area (Å²) in [4.78, 5) is 4.56. The zero-order valence-corrected chi connectivity index (χ0v) is 11.7. The van der Waals surface area contributed by atoms with Crippen LogP contribution in [0.5, 0.6) is 0 Å². The SMILES string of the molecule is N#C[C@H](CCCF)N=C(c1ccccc1)c1ccccc1. The van der Waals surface area contributed by atoms with Gasteiger partial charge in [-0.2, -0.15) is 5.26 Å². The Labute approximate surface area is 124 Å². The molecule has 0 aliphatic rings. The highest BCUT2D eigenvalue weighted by Crippen LogP contribution is 2.14. The lowest BCUT2D eigenvalue weighted by Crippen LogP contribution is -2.10. The first-order chi connectivity index (χ1) is 10.3. The Morgan fingerprint density at radius 1 is 1.00 bits per heavy atom. The van der Waals surface area contributed by atoms with E-state index in [0.29, 0.717) is 12.8 Å². The summed E-state index contributed by atoms with van der Waals surface area (Å²) in [7, 11) is 0. The minimum atomic E-state index is -0.517. The van der Waals surface area contributed by atoms with E-state index in [-0.39, 0.29) is 0 Å². The van der Waals surface area contributed by atoms with Crippen LogP contribution in [0.15, 0.2) is 65.7 Å². The van der Waals surface area contributed by atoms with Gasteiger partial charge < -0.3 is 0 Å². The van der Waals surface area contributed by atoms with Crippen LogP contribution in [0.2, 0.25) is 0 Å². The van der Waals surface area contributed by atoms with E-state index in [2.05, 4.69) is 11.1 Å². The summed E-state index contributed by atoms with van der Waals surface area (Å²) in [5.74, 6) is 0. The van der Waals surface area contributed by atoms with Crippen molar-refractivity contribution >= 4 is 5.71 Å². The molecule has 0 spiro atoms. The van der Waals surface area contributed by atoms with Gasteiger partial charge in [0, 0.05) is 11.1 Å². The summed E-state index contributed by atoms with van der Waals surface area (Å²) in [6.45, 7) is -0.417. The first-order valence-electron chi connectivity index (χ1n) is 6.99. The molecule has 0 aromatic heterocycles. The van der Waals surface area contributed by atoms with Crippen LogP contribution in [-0.2, 0) is 0 Å². The molecule has 1 atom stereocenters. The maximum Gasteiger partial charge on any atom is 0.137 e. The molecule has 106 valence electrons. The summed E-state index contributed by atoms with van der Waals surface area (Å²) < 4.78 is 12.3. The van der Waals surface area contributed by atoms with Gasteiger partial charge in [-0.3, -0.25) is 9.38 Å². The lowest BCUT2D eigenvalue weighted by molar-refractivity contribution is 0.455. The molecule has 0 aliphatic heterocycles. The highest BCUT2D eigenvalue weighted by atomic mass is 19.1. The van der Waals surface area contributed by atoms with Crippen LogP contribution in [-0.4, -0.2) is 18.4 Å². The summed E-state index contributed by atoms with van der Waals surface area (Å²) >= 11 is 0. The van der Waals surface area contributed by atoms with Crippen molar-refractivity contribution in [3.63, 3.8) is 0 Å². The Kier molecular flexibility index (Phi) is 5.66. The molecule has 0 unspecified atom stereocenters. The average Bonchev–Trinajstić information content (AvgIpc) is 2.57. The van der Waals surface area contributed by atoms with Gasteiger partial charge in [0.15, 0.2) is 0 Å². The van der Waals surface area contributed by atoms with E-state index in [4.69, 9.17) is 0 Å². The molecule has 0 bridgehead atoms. The van der Waals surface area contributed by atoms with Crippen molar-refractivity contribution in [2.75, 3.05) is 6.67 Å². The Hall–Kier alpha value is -2.47. The van der Waals surface area contributed by atoms with Gasteiger partial charge in [0.1, 0.15) is 6.04 Å². The van der Waals surface area contributed by atoms with E-state index < -0.39 is 12.7 Å². The lowest BCUT2D eigenvalue weighted by atomic mass is 10.0. The van der Waals surface area contributed by atoms with Gasteiger partial charge in [0.05, 0.1) is 18.5 Å². The summed E-state index contributed by atoms with van der Waals surface area (Å²) in [6, 6.07) is 21.2. The number of benzene rings is 2. The van der Waals surface area contributed by atoms with Crippen molar-refractivity contribution in [3.05, 3.63) is 71.8 Å². The molecule has 0 radical (unpaired) electrons. The van der Waals surface area contributed by atoms with Crippen LogP contribution in [0.3, 0.4) is 0 Å². The van der Waals surface area contributed by atoms with Crippen LogP contribution in [0.4, 0.5) is 4.39 Å². The zero-order chi connectivity index (χ0) is 14.9. The highest BCUT2D eigenvalue weighted by Gasteiger charge is 2.11. The minimum Gasteiger partial charge on any atom is -0.266 e. The normalized spacial score (nSPS) is 11.4. The lowest BCUT2D eigenvalue weighted by Gasteiger charge is -2.10. The standard InChI is InChI=1S/C18H17FN2/c19-13-7-12-17(14-20)21-18(15-8-3-1-4-9-15)16-10-5-2-6-11-16/h1-6,8-11,17H,7,12-13H2/t17-/m0/s1. The Bertz CT molecular complexity index is 573. The number of hydrogen-bond acceptors (Lipinski definition) is 2. The van der Waals surface area contributed by atoms with Crippen LogP contribution in [0.1, 0.15) is 24.0 Å². The monoisotopic (exact) mass is 280 g/mol. The van der Waals surface area contributed by atoms with E-state index in [1.807, 2.05) is 60.7 Å². The number of aliphatic imine (C=N–C) groups is 1. The third kappa shape index (κ3) is 4.25. The molecule has 0 heterocycles. The van der Waals surface area contributed by atoms with E-state index >= 15 is 0 Å². The summed E-state index contributed by atoms with van der Waals surface area (Å²) in [5.41, 5.74) is 2.70. The largest absolute Gasteiger partial charge is 0.266 e. The number of alkyl halides is 1. The molecule has 2 rings (SSSR count). The predicted octanol–water partition coefficient (Wildman–Crippen LogP) is 4.17. The summed E-state index contributed by atoms with van der Waals surface area (Å²) in [5, 5.41) is 9.22. The van der Waals surface area contributed by atoms with Crippen LogP contribution in [0.25, 0.3) is 0 Å². The number of nitrogens with zero attached hydrogens (tertiary/aromatic N) is 2. The maximum atomic E-state index is 12.3. The second-order valence-corrected chi connectivity index (χ2v) is 4.69. The van der Waals surface area contributed by atoms with E-state index in [9.17, 15) is 9.65 Å². The van der Waals surface area contributed by atoms with Gasteiger partial charge in [-0.1, -0.05) is 60.7 Å². The molecule has 0 aliphatic carbocycles. The first kappa shape index (κ1) is 14.9. The van der Waals surface area contributed by atoms with Crippen molar-refractivity contribution in [1.29, 1.82) is 5.26 Å². The van der Waals surface area contributed by atoms with Gasteiger partial charge in [-0.05, 0) is 12.8 Å². The van der Waals surface area contributed by atoms with Gasteiger partial charge >= 0.3 is 0 Å². The Morgan fingerprint density at radius 2 is 1.52 bits per heavy atom. The van der Waals surface area contributed by atoms with Crippen molar-refractivity contribution < 1.29 is 4.39 Å². The van der Waals surface area contributed by atoms with Gasteiger partial charge in [0.2, 0.25) is 0 Å². The smallest absolute Gasteiger partial charge is 0.137 e. The molecule has 0 N–H and O–H groups in total. The van der Waals surface area contributed by atoms with Gasteiger partial charge in [-0.25, -0.2) is 0 Å². The number of rotatable bonds is 6. The number of nitriles is 1. The topological polar surface area (TPSA) is 36.1 Å². The Morgan fingerprint density at radius 3 is 1.95 bits per heavy atom. The van der Waals surface area contributed by atoms with E-state index in [0.717, 1.165) is 16.8 Å². The number of hydrogen-bond donors (Lipinski definition) is 0. The summed E-state index contributed by atoms with van der Waals surface area (Å²) in [6.07, 6.45) is 0.800. The third-order valence-electron chi connectivity index (χ3n) is 3.14.